The Morgan fingerprint density at radius 1 is 1.12 bits per heavy atom. The van der Waals surface area contributed by atoms with Gasteiger partial charge in [-0.05, 0) is 86.3 Å². The van der Waals surface area contributed by atoms with Crippen molar-refractivity contribution in [3.63, 3.8) is 0 Å². The second-order valence-corrected chi connectivity index (χ2v) is 8.66. The fourth-order valence-electron chi connectivity index (χ4n) is 2.92. The molecule has 0 aromatic heterocycles. The topological polar surface area (TPSA) is 129 Å². The van der Waals surface area contributed by atoms with Crippen molar-refractivity contribution in [3.05, 3.63) is 95.9 Å². The Morgan fingerprint density at radius 2 is 1.82 bits per heavy atom. The number of non-ortho nitro benzene ring substituents is 1. The van der Waals surface area contributed by atoms with Crippen LogP contribution in [0.2, 0.25) is 0 Å². The first-order chi connectivity index (χ1) is 16.2. The number of carbonyl (C=O) groups is 1. The van der Waals surface area contributed by atoms with Crippen LogP contribution in [0.15, 0.2) is 69.1 Å². The summed E-state index contributed by atoms with van der Waals surface area (Å²) in [6.45, 7) is 1.91. The molecule has 168 valence electrons. The first kappa shape index (κ1) is 24.6. The third kappa shape index (κ3) is 5.87. The van der Waals surface area contributed by atoms with Crippen molar-refractivity contribution >= 4 is 55.2 Å². The van der Waals surface area contributed by atoms with E-state index < -0.39 is 10.8 Å². The monoisotopic (exact) mass is 580 g/mol. The van der Waals surface area contributed by atoms with E-state index in [0.29, 0.717) is 25.9 Å². The number of nitriles is 2. The molecule has 8 nitrogen and oxygen atoms in total. The Morgan fingerprint density at radius 3 is 2.44 bits per heavy atom. The van der Waals surface area contributed by atoms with Crippen molar-refractivity contribution in [3.8, 4) is 23.6 Å². The molecular weight excluding hydrogens is 568 g/mol. The fraction of sp³-hybridized carbons (Fsp3) is 0.0417. The molecule has 1 amide bonds. The summed E-state index contributed by atoms with van der Waals surface area (Å²) in [5, 5.41) is 32.5. The summed E-state index contributed by atoms with van der Waals surface area (Å²) in [5.41, 5.74) is 1.63. The number of hydrogen-bond acceptors (Lipinski definition) is 6. The van der Waals surface area contributed by atoms with Gasteiger partial charge in [-0.15, -0.1) is 0 Å². The summed E-state index contributed by atoms with van der Waals surface area (Å²) >= 11 is 6.81. The number of nitro benzene ring substituents is 1. The summed E-state index contributed by atoms with van der Waals surface area (Å²) in [7, 11) is 0. The van der Waals surface area contributed by atoms with Gasteiger partial charge in [0.1, 0.15) is 34.8 Å². The van der Waals surface area contributed by atoms with Crippen LogP contribution in [0.1, 0.15) is 16.7 Å². The molecule has 0 atom stereocenters. The van der Waals surface area contributed by atoms with Gasteiger partial charge in [-0.2, -0.15) is 10.5 Å². The molecule has 0 radical (unpaired) electrons. The van der Waals surface area contributed by atoms with E-state index in [0.717, 1.165) is 11.6 Å². The molecule has 0 saturated carbocycles. The van der Waals surface area contributed by atoms with Crippen LogP contribution in [0, 0.1) is 39.7 Å². The molecule has 0 saturated heterocycles. The van der Waals surface area contributed by atoms with Crippen LogP contribution in [0.3, 0.4) is 0 Å². The maximum Gasteiger partial charge on any atom is 0.271 e. The molecule has 1 N–H and O–H groups in total. The van der Waals surface area contributed by atoms with Gasteiger partial charge in [0.25, 0.3) is 11.6 Å². The van der Waals surface area contributed by atoms with Gasteiger partial charge in [0.2, 0.25) is 0 Å². The number of amides is 1. The first-order valence-electron chi connectivity index (χ1n) is 9.57. The second kappa shape index (κ2) is 10.8. The zero-order chi connectivity index (χ0) is 24.8. The van der Waals surface area contributed by atoms with Crippen LogP contribution in [-0.2, 0) is 4.79 Å². The molecule has 0 unspecified atom stereocenters. The quantitative estimate of drug-likeness (QED) is 0.150. The highest BCUT2D eigenvalue weighted by Gasteiger charge is 2.15. The standard InChI is InChI=1S/C24H14Br2N4O4/c1-14-7-20(25)23(21(26)8-14)29-24(31)17(13-28)9-15-3-2-4-19(10-15)34-22-6-5-18(30(32)33)11-16(22)12-27/h2-11H,1H3,(H,29,31)/b17-9+. The third-order valence-corrected chi connectivity index (χ3v) is 5.73. The number of halogens is 2. The van der Waals surface area contributed by atoms with Gasteiger partial charge >= 0.3 is 0 Å². The van der Waals surface area contributed by atoms with Gasteiger partial charge in [0.05, 0.1) is 10.6 Å². The summed E-state index contributed by atoms with van der Waals surface area (Å²) in [5.74, 6) is -0.136. The minimum atomic E-state index is -0.599. The molecule has 0 aliphatic heterocycles. The number of ether oxygens (including phenoxy) is 1. The van der Waals surface area contributed by atoms with E-state index >= 15 is 0 Å². The zero-order valence-electron chi connectivity index (χ0n) is 17.5. The van der Waals surface area contributed by atoms with Crippen LogP contribution in [-0.4, -0.2) is 10.8 Å². The Balaban J connectivity index is 1.85. The van der Waals surface area contributed by atoms with Crippen LogP contribution >= 0.6 is 31.9 Å². The molecule has 0 aliphatic rings. The van der Waals surface area contributed by atoms with E-state index in [1.807, 2.05) is 31.2 Å². The number of carbonyl (C=O) groups excluding carboxylic acids is 1. The first-order valence-corrected chi connectivity index (χ1v) is 11.2. The van der Waals surface area contributed by atoms with Crippen LogP contribution in [0.5, 0.6) is 11.5 Å². The number of anilines is 1. The van der Waals surface area contributed by atoms with Crippen LogP contribution in [0.25, 0.3) is 6.08 Å². The number of rotatable bonds is 6. The Labute approximate surface area is 211 Å². The number of aryl methyl sites for hydroxylation is 1. The van der Waals surface area contributed by atoms with Crippen LogP contribution in [0.4, 0.5) is 11.4 Å². The molecule has 10 heteroatoms. The normalized spacial score (nSPS) is 10.7. The molecule has 34 heavy (non-hydrogen) atoms. The average molecular weight is 582 g/mol. The molecule has 0 aliphatic carbocycles. The second-order valence-electron chi connectivity index (χ2n) is 6.95. The number of nitrogens with zero attached hydrogens (tertiary/aromatic N) is 3. The van der Waals surface area contributed by atoms with Crippen molar-refractivity contribution in [1.82, 2.24) is 0 Å². The van der Waals surface area contributed by atoms with E-state index in [9.17, 15) is 25.4 Å². The lowest BCUT2D eigenvalue weighted by Gasteiger charge is -2.11. The summed E-state index contributed by atoms with van der Waals surface area (Å²) in [6.07, 6.45) is 1.40. The van der Waals surface area contributed by atoms with Crippen molar-refractivity contribution in [1.29, 1.82) is 10.5 Å². The van der Waals surface area contributed by atoms with Gasteiger partial charge in [-0.25, -0.2) is 0 Å². The van der Waals surface area contributed by atoms with Gasteiger partial charge in [0.15, 0.2) is 0 Å². The Hall–Kier alpha value is -3.99. The van der Waals surface area contributed by atoms with E-state index in [-0.39, 0.29) is 22.6 Å². The third-order valence-electron chi connectivity index (χ3n) is 4.48. The van der Waals surface area contributed by atoms with Crippen molar-refractivity contribution in [2.24, 2.45) is 0 Å². The predicted molar refractivity (Wildman–Crippen MR) is 133 cm³/mol. The number of hydrogen-bond donors (Lipinski definition) is 1. The summed E-state index contributed by atoms with van der Waals surface area (Å²) in [4.78, 5) is 23.0. The summed E-state index contributed by atoms with van der Waals surface area (Å²) < 4.78 is 7.05. The maximum absolute atomic E-state index is 12.7. The van der Waals surface area contributed by atoms with Gasteiger partial charge < -0.3 is 10.1 Å². The number of nitro groups is 1. The molecular formula is C24H14Br2N4O4. The SMILES string of the molecule is Cc1cc(Br)c(NC(=O)/C(C#N)=C/c2cccc(Oc3ccc([N+](=O)[O-])cc3C#N)c2)c(Br)c1. The minimum Gasteiger partial charge on any atom is -0.456 e. The van der Waals surface area contributed by atoms with E-state index in [1.54, 1.807) is 24.3 Å². The lowest BCUT2D eigenvalue weighted by molar-refractivity contribution is -0.384. The highest BCUT2D eigenvalue weighted by atomic mass is 79.9. The van der Waals surface area contributed by atoms with Gasteiger partial charge in [-0.3, -0.25) is 14.9 Å². The van der Waals surface area contributed by atoms with Gasteiger partial charge in [0, 0.05) is 21.1 Å². The Bertz CT molecular complexity index is 1400. The molecule has 0 heterocycles. The fourth-order valence-corrected chi connectivity index (χ4v) is 4.53. The van der Waals surface area contributed by atoms with Crippen molar-refractivity contribution in [2.45, 2.75) is 6.92 Å². The maximum atomic E-state index is 12.7. The number of benzene rings is 3. The highest BCUT2D eigenvalue weighted by molar-refractivity contribution is 9.11. The molecule has 0 spiro atoms. The van der Waals surface area contributed by atoms with Crippen molar-refractivity contribution < 1.29 is 14.5 Å². The van der Waals surface area contributed by atoms with E-state index in [2.05, 4.69) is 37.2 Å². The highest BCUT2D eigenvalue weighted by Crippen LogP contribution is 2.33. The summed E-state index contributed by atoms with van der Waals surface area (Å²) in [6, 6.07) is 17.7. The van der Waals surface area contributed by atoms with E-state index in [1.165, 1.54) is 18.2 Å². The van der Waals surface area contributed by atoms with Crippen molar-refractivity contribution in [2.75, 3.05) is 5.32 Å². The molecule has 3 rings (SSSR count). The molecule has 3 aromatic rings. The Kier molecular flexibility index (Phi) is 7.79. The molecule has 3 aromatic carbocycles. The largest absolute Gasteiger partial charge is 0.456 e. The van der Waals surface area contributed by atoms with Crippen LogP contribution < -0.4 is 10.1 Å². The van der Waals surface area contributed by atoms with Gasteiger partial charge in [-0.1, -0.05) is 12.1 Å². The van der Waals surface area contributed by atoms with E-state index in [4.69, 9.17) is 4.74 Å². The lowest BCUT2D eigenvalue weighted by atomic mass is 10.1. The average Bonchev–Trinajstić information content (AvgIpc) is 2.80. The predicted octanol–water partition coefficient (Wildman–Crippen LogP) is 6.64. The zero-order valence-corrected chi connectivity index (χ0v) is 20.7. The number of nitrogens with one attached hydrogen (secondary N) is 1. The lowest BCUT2D eigenvalue weighted by Crippen LogP contribution is -2.14. The molecule has 0 fully saturated rings. The smallest absolute Gasteiger partial charge is 0.271 e. The minimum absolute atomic E-state index is 0.00138. The molecule has 0 bridgehead atoms.